The highest BCUT2D eigenvalue weighted by Gasteiger charge is 2.31. The molecule has 7 heteroatoms. The molecule has 0 bridgehead atoms. The van der Waals surface area contributed by atoms with Crippen LogP contribution in [0.3, 0.4) is 0 Å². The van der Waals surface area contributed by atoms with Gasteiger partial charge in [-0.3, -0.25) is 0 Å². The van der Waals surface area contributed by atoms with Crippen molar-refractivity contribution in [2.24, 2.45) is 0 Å². The summed E-state index contributed by atoms with van der Waals surface area (Å²) in [7, 11) is 1.32. The first-order valence-corrected chi connectivity index (χ1v) is 7.41. The Hall–Kier alpha value is -1.43. The lowest BCUT2D eigenvalue weighted by Gasteiger charge is -2.23. The monoisotopic (exact) mass is 345 g/mol. The third kappa shape index (κ3) is 3.85. The fourth-order valence-corrected chi connectivity index (χ4v) is 2.13. The van der Waals surface area contributed by atoms with Gasteiger partial charge in [0.15, 0.2) is 11.4 Å². The lowest BCUT2D eigenvalue weighted by molar-refractivity contribution is -0.164. The molecule has 0 spiro atoms. The average Bonchev–Trinajstić information content (AvgIpc) is 2.96. The van der Waals surface area contributed by atoms with Crippen LogP contribution in [-0.2, 0) is 19.1 Å². The van der Waals surface area contributed by atoms with Gasteiger partial charge in [0.1, 0.15) is 6.61 Å². The van der Waals surface area contributed by atoms with Crippen LogP contribution in [0.25, 0.3) is 0 Å². The largest absolute Gasteiger partial charge is 0.467 e. The summed E-state index contributed by atoms with van der Waals surface area (Å²) in [6.07, 6.45) is 1.87. The minimum atomic E-state index is -1.03. The Morgan fingerprint density at radius 1 is 1.36 bits per heavy atom. The highest BCUT2D eigenvalue weighted by Crippen LogP contribution is 2.29. The second-order valence-corrected chi connectivity index (χ2v) is 6.03. The molecule has 1 aliphatic heterocycles. The van der Waals surface area contributed by atoms with Crippen LogP contribution in [0.2, 0.25) is 10.0 Å². The number of hydroxylamine groups is 1. The molecule has 0 N–H and O–H groups in total. The van der Waals surface area contributed by atoms with Crippen molar-refractivity contribution in [3.05, 3.63) is 40.1 Å². The van der Waals surface area contributed by atoms with Gasteiger partial charge in [-0.15, -0.1) is 0 Å². The lowest BCUT2D eigenvalue weighted by atomic mass is 10.1. The quantitative estimate of drug-likeness (QED) is 0.763. The predicted molar refractivity (Wildman–Crippen MR) is 85.0 cm³/mol. The summed E-state index contributed by atoms with van der Waals surface area (Å²) in [5.41, 5.74) is -0.247. The zero-order valence-electron chi connectivity index (χ0n) is 12.6. The van der Waals surface area contributed by atoms with E-state index in [0.29, 0.717) is 22.3 Å². The first-order chi connectivity index (χ1) is 10.3. The van der Waals surface area contributed by atoms with E-state index in [2.05, 4.69) is 4.74 Å². The molecule has 0 saturated heterocycles. The molecule has 0 saturated carbocycles. The van der Waals surface area contributed by atoms with Gasteiger partial charge >= 0.3 is 5.97 Å². The van der Waals surface area contributed by atoms with Crippen molar-refractivity contribution in [3.8, 4) is 0 Å². The number of carbonyl (C=O) groups excluding carboxylic acids is 1. The second kappa shape index (κ2) is 6.77. The number of ether oxygens (including phenoxy) is 2. The van der Waals surface area contributed by atoms with E-state index in [0.717, 1.165) is 5.69 Å². The predicted octanol–water partition coefficient (Wildman–Crippen LogP) is 3.60. The molecule has 1 aliphatic rings. The van der Waals surface area contributed by atoms with Crippen molar-refractivity contribution >= 4 is 34.9 Å². The van der Waals surface area contributed by atoms with Crippen molar-refractivity contribution in [2.45, 2.75) is 19.4 Å². The number of carbonyl (C=O) groups is 1. The SMILES string of the molecule is COC(=O)C(C)(C)OCC1=CCN(c2ccc(Cl)c(Cl)c2)O1. The number of halogens is 2. The van der Waals surface area contributed by atoms with Crippen LogP contribution < -0.4 is 5.06 Å². The van der Waals surface area contributed by atoms with Crippen molar-refractivity contribution in [2.75, 3.05) is 25.3 Å². The summed E-state index contributed by atoms with van der Waals surface area (Å²) in [5, 5.41) is 2.60. The molecule has 2 rings (SSSR count). The van der Waals surface area contributed by atoms with Gasteiger partial charge in [-0.05, 0) is 38.1 Å². The minimum Gasteiger partial charge on any atom is -0.467 e. The van der Waals surface area contributed by atoms with Gasteiger partial charge in [0, 0.05) is 0 Å². The molecule has 1 aromatic carbocycles. The van der Waals surface area contributed by atoms with Crippen LogP contribution in [-0.4, -0.2) is 31.8 Å². The Morgan fingerprint density at radius 3 is 2.73 bits per heavy atom. The van der Waals surface area contributed by atoms with E-state index in [1.165, 1.54) is 7.11 Å². The molecule has 0 radical (unpaired) electrons. The molecule has 0 unspecified atom stereocenters. The highest BCUT2D eigenvalue weighted by atomic mass is 35.5. The number of rotatable bonds is 5. The van der Waals surface area contributed by atoms with Gasteiger partial charge in [-0.1, -0.05) is 23.2 Å². The molecule has 0 aliphatic carbocycles. The molecule has 0 aromatic heterocycles. The van der Waals surface area contributed by atoms with Crippen molar-refractivity contribution in [1.29, 1.82) is 0 Å². The molecular formula is C15H17Cl2NO4. The third-order valence-electron chi connectivity index (χ3n) is 3.16. The Kier molecular flexibility index (Phi) is 5.21. The van der Waals surface area contributed by atoms with E-state index in [9.17, 15) is 4.79 Å². The van der Waals surface area contributed by atoms with Crippen LogP contribution in [0.4, 0.5) is 5.69 Å². The topological polar surface area (TPSA) is 48.0 Å². The highest BCUT2D eigenvalue weighted by molar-refractivity contribution is 6.42. The lowest BCUT2D eigenvalue weighted by Crippen LogP contribution is -2.36. The fraction of sp³-hybridized carbons (Fsp3) is 0.400. The van der Waals surface area contributed by atoms with Crippen LogP contribution in [0.5, 0.6) is 0 Å². The van der Waals surface area contributed by atoms with Gasteiger partial charge in [-0.25, -0.2) is 9.86 Å². The maximum absolute atomic E-state index is 11.5. The fourth-order valence-electron chi connectivity index (χ4n) is 1.84. The van der Waals surface area contributed by atoms with Crippen LogP contribution >= 0.6 is 23.2 Å². The minimum absolute atomic E-state index is 0.167. The van der Waals surface area contributed by atoms with E-state index in [1.54, 1.807) is 31.0 Å². The van der Waals surface area contributed by atoms with Gasteiger partial charge in [-0.2, -0.15) is 0 Å². The van der Waals surface area contributed by atoms with E-state index >= 15 is 0 Å². The first kappa shape index (κ1) is 16.9. The van der Waals surface area contributed by atoms with E-state index in [1.807, 2.05) is 12.1 Å². The smallest absolute Gasteiger partial charge is 0.337 e. The Morgan fingerprint density at radius 2 is 2.09 bits per heavy atom. The van der Waals surface area contributed by atoms with Gasteiger partial charge in [0.05, 0.1) is 29.4 Å². The molecule has 5 nitrogen and oxygen atoms in total. The van der Waals surface area contributed by atoms with Crippen LogP contribution in [0.1, 0.15) is 13.8 Å². The summed E-state index contributed by atoms with van der Waals surface area (Å²) >= 11 is 11.9. The molecular weight excluding hydrogens is 329 g/mol. The number of hydrogen-bond acceptors (Lipinski definition) is 5. The standard InChI is InChI=1S/C15H17Cl2NO4/c1-15(2,14(19)20-3)21-9-11-6-7-18(22-11)10-4-5-12(16)13(17)8-10/h4-6,8H,7,9H2,1-3H3. The average molecular weight is 346 g/mol. The van der Waals surface area contributed by atoms with E-state index in [4.69, 9.17) is 32.8 Å². The summed E-state index contributed by atoms with van der Waals surface area (Å²) < 4.78 is 10.2. The van der Waals surface area contributed by atoms with Crippen LogP contribution in [0.15, 0.2) is 30.0 Å². The number of hydrogen-bond donors (Lipinski definition) is 0. The normalized spacial score (nSPS) is 14.6. The number of anilines is 1. The van der Waals surface area contributed by atoms with Crippen molar-refractivity contribution < 1.29 is 19.1 Å². The molecule has 0 amide bonds. The van der Waals surface area contributed by atoms with Gasteiger partial charge in [0.25, 0.3) is 0 Å². The Labute approximate surface area is 139 Å². The van der Waals surface area contributed by atoms with Gasteiger partial charge in [0.2, 0.25) is 0 Å². The summed E-state index contributed by atoms with van der Waals surface area (Å²) in [5.74, 6) is 0.176. The summed E-state index contributed by atoms with van der Waals surface area (Å²) in [6, 6.07) is 5.24. The first-order valence-electron chi connectivity index (χ1n) is 6.65. The van der Waals surface area contributed by atoms with Crippen LogP contribution in [0, 0.1) is 0 Å². The molecule has 120 valence electrons. The Bertz CT molecular complexity index is 601. The van der Waals surface area contributed by atoms with Crippen molar-refractivity contribution in [1.82, 2.24) is 0 Å². The number of esters is 1. The molecule has 0 atom stereocenters. The summed E-state index contributed by atoms with van der Waals surface area (Å²) in [6.45, 7) is 4.01. The number of methoxy groups -OCH3 is 1. The second-order valence-electron chi connectivity index (χ2n) is 5.21. The number of benzene rings is 1. The zero-order valence-corrected chi connectivity index (χ0v) is 14.1. The Balaban J connectivity index is 1.92. The molecule has 22 heavy (non-hydrogen) atoms. The van der Waals surface area contributed by atoms with Crippen molar-refractivity contribution in [3.63, 3.8) is 0 Å². The molecule has 1 heterocycles. The van der Waals surface area contributed by atoms with E-state index < -0.39 is 11.6 Å². The zero-order chi connectivity index (χ0) is 16.3. The maximum atomic E-state index is 11.5. The molecule has 1 aromatic rings. The summed E-state index contributed by atoms with van der Waals surface area (Å²) in [4.78, 5) is 17.2. The maximum Gasteiger partial charge on any atom is 0.337 e. The third-order valence-corrected chi connectivity index (χ3v) is 3.89. The number of nitrogens with zero attached hydrogens (tertiary/aromatic N) is 1. The van der Waals surface area contributed by atoms with E-state index in [-0.39, 0.29) is 6.61 Å². The van der Waals surface area contributed by atoms with Gasteiger partial charge < -0.3 is 14.3 Å². The molecule has 0 fully saturated rings.